The lowest BCUT2D eigenvalue weighted by atomic mass is 10.0. The first kappa shape index (κ1) is 43.9. The number of hydrogen-bond donors (Lipinski definition) is 1. The summed E-state index contributed by atoms with van der Waals surface area (Å²) in [4.78, 5) is 24.5. The Hall–Kier alpha value is -1.10. The zero-order valence-corrected chi connectivity index (χ0v) is 30.6. The molecule has 45 heavy (non-hydrogen) atoms. The second-order valence-corrected chi connectivity index (χ2v) is 13.8. The summed E-state index contributed by atoms with van der Waals surface area (Å²) >= 11 is 0. The zero-order chi connectivity index (χ0) is 33.1. The molecule has 0 saturated carbocycles. The van der Waals surface area contributed by atoms with Gasteiger partial charge in [0.15, 0.2) is 0 Å². The van der Waals surface area contributed by atoms with E-state index in [0.717, 1.165) is 32.1 Å². The number of carboxylic acid groups (broad SMARTS) is 1. The van der Waals surface area contributed by atoms with Gasteiger partial charge < -0.3 is 14.6 Å². The van der Waals surface area contributed by atoms with Crippen LogP contribution in [-0.4, -0.2) is 35.9 Å². The topological polar surface area (TPSA) is 72.8 Å². The van der Waals surface area contributed by atoms with Crippen molar-refractivity contribution in [1.29, 1.82) is 0 Å². The Morgan fingerprint density at radius 1 is 0.444 bits per heavy atom. The molecule has 0 spiro atoms. The van der Waals surface area contributed by atoms with Crippen molar-refractivity contribution in [2.45, 2.75) is 238 Å². The first-order valence-corrected chi connectivity index (χ1v) is 20.1. The highest BCUT2D eigenvalue weighted by Gasteiger charge is 2.21. The SMILES string of the molecule is CCCCCCCCCCCCOC(CCCCCCCCCCC)CC(=O)O[C@H](CCCCCCCCCCC)CC(=O)O. The summed E-state index contributed by atoms with van der Waals surface area (Å²) in [6, 6.07) is 0. The molecule has 0 saturated heterocycles. The van der Waals surface area contributed by atoms with E-state index in [0.29, 0.717) is 13.0 Å². The zero-order valence-electron chi connectivity index (χ0n) is 30.6. The molecule has 0 fully saturated rings. The first-order chi connectivity index (χ1) is 22.0. The number of carbonyl (C=O) groups excluding carboxylic acids is 1. The van der Waals surface area contributed by atoms with Crippen LogP contribution >= 0.6 is 0 Å². The third-order valence-electron chi connectivity index (χ3n) is 9.21. The molecule has 0 heterocycles. The second kappa shape index (κ2) is 35.7. The minimum Gasteiger partial charge on any atom is -0.481 e. The number of unbranched alkanes of at least 4 members (excludes halogenated alkanes) is 25. The molecule has 0 bridgehead atoms. The molecule has 268 valence electrons. The largest absolute Gasteiger partial charge is 0.481 e. The number of carbonyl (C=O) groups is 2. The lowest BCUT2D eigenvalue weighted by Crippen LogP contribution is -2.26. The van der Waals surface area contributed by atoms with E-state index in [2.05, 4.69) is 20.8 Å². The van der Waals surface area contributed by atoms with Crippen molar-refractivity contribution >= 4 is 11.9 Å². The van der Waals surface area contributed by atoms with Crippen LogP contribution in [0.3, 0.4) is 0 Å². The van der Waals surface area contributed by atoms with Crippen LogP contribution in [0.1, 0.15) is 226 Å². The number of ether oxygens (including phenoxy) is 2. The Bertz CT molecular complexity index is 622. The van der Waals surface area contributed by atoms with Crippen LogP contribution in [0.5, 0.6) is 0 Å². The van der Waals surface area contributed by atoms with E-state index < -0.39 is 12.1 Å². The van der Waals surface area contributed by atoms with E-state index in [9.17, 15) is 14.7 Å². The second-order valence-electron chi connectivity index (χ2n) is 13.8. The Balaban J connectivity index is 4.50. The average molecular weight is 639 g/mol. The van der Waals surface area contributed by atoms with E-state index in [1.807, 2.05) is 0 Å². The standard InChI is InChI=1S/C40H78O5/c1-4-7-10-13-16-19-22-25-28-31-34-44-37(32-29-26-23-20-17-14-11-8-5-2)36-40(43)45-38(35-39(41)42)33-30-27-24-21-18-15-12-9-6-3/h37-38H,4-36H2,1-3H3,(H,41,42)/t37?,38-/m1/s1. The van der Waals surface area contributed by atoms with Crippen molar-refractivity contribution in [1.82, 2.24) is 0 Å². The van der Waals surface area contributed by atoms with Gasteiger partial charge in [-0.15, -0.1) is 0 Å². The van der Waals surface area contributed by atoms with Crippen LogP contribution in [0.25, 0.3) is 0 Å². The Morgan fingerprint density at radius 2 is 0.778 bits per heavy atom. The Kier molecular flexibility index (Phi) is 34.9. The molecule has 1 N–H and O–H groups in total. The Morgan fingerprint density at radius 3 is 1.16 bits per heavy atom. The van der Waals surface area contributed by atoms with E-state index in [1.54, 1.807) is 0 Å². The molecule has 0 radical (unpaired) electrons. The molecule has 5 heteroatoms. The van der Waals surface area contributed by atoms with E-state index in [-0.39, 0.29) is 24.9 Å². The van der Waals surface area contributed by atoms with Gasteiger partial charge in [-0.2, -0.15) is 0 Å². The molecule has 0 aliphatic carbocycles. The maximum Gasteiger partial charge on any atom is 0.308 e. The monoisotopic (exact) mass is 639 g/mol. The van der Waals surface area contributed by atoms with Gasteiger partial charge in [0.2, 0.25) is 0 Å². The van der Waals surface area contributed by atoms with Crippen molar-refractivity contribution in [2.24, 2.45) is 0 Å². The van der Waals surface area contributed by atoms with Gasteiger partial charge in [0, 0.05) is 6.61 Å². The fourth-order valence-corrected chi connectivity index (χ4v) is 6.27. The average Bonchev–Trinajstić information content (AvgIpc) is 3.01. The van der Waals surface area contributed by atoms with E-state index >= 15 is 0 Å². The minimum absolute atomic E-state index is 0.106. The molecular weight excluding hydrogens is 560 g/mol. The van der Waals surface area contributed by atoms with E-state index in [4.69, 9.17) is 9.47 Å². The fourth-order valence-electron chi connectivity index (χ4n) is 6.27. The van der Waals surface area contributed by atoms with Crippen LogP contribution in [0.15, 0.2) is 0 Å². The summed E-state index contributed by atoms with van der Waals surface area (Å²) in [6.07, 6.45) is 36.3. The van der Waals surface area contributed by atoms with Crippen LogP contribution in [0.4, 0.5) is 0 Å². The summed E-state index contributed by atoms with van der Waals surface area (Å²) in [5.74, 6) is -1.19. The van der Waals surface area contributed by atoms with Crippen LogP contribution in [0, 0.1) is 0 Å². The predicted octanol–water partition coefficient (Wildman–Crippen LogP) is 12.9. The molecule has 0 aliphatic rings. The van der Waals surface area contributed by atoms with Gasteiger partial charge in [0.05, 0.1) is 18.9 Å². The number of esters is 1. The van der Waals surface area contributed by atoms with Crippen molar-refractivity contribution < 1.29 is 24.2 Å². The van der Waals surface area contributed by atoms with Crippen molar-refractivity contribution in [3.05, 3.63) is 0 Å². The van der Waals surface area contributed by atoms with Gasteiger partial charge >= 0.3 is 11.9 Å². The molecule has 0 aliphatic heterocycles. The summed E-state index contributed by atoms with van der Waals surface area (Å²) in [5.41, 5.74) is 0. The van der Waals surface area contributed by atoms with Crippen molar-refractivity contribution in [2.75, 3.05) is 6.61 Å². The summed E-state index contributed by atoms with van der Waals surface area (Å²) in [6.45, 7) is 7.46. The first-order valence-electron chi connectivity index (χ1n) is 20.1. The molecule has 0 aromatic heterocycles. The summed E-state index contributed by atoms with van der Waals surface area (Å²) < 4.78 is 12.0. The van der Waals surface area contributed by atoms with Gasteiger partial charge in [-0.25, -0.2) is 0 Å². The maximum atomic E-state index is 13.0. The summed E-state index contributed by atoms with van der Waals surface area (Å²) in [7, 11) is 0. The smallest absolute Gasteiger partial charge is 0.308 e. The number of aliphatic carboxylic acids is 1. The number of rotatable bonds is 37. The van der Waals surface area contributed by atoms with Gasteiger partial charge in [-0.3, -0.25) is 9.59 Å². The highest BCUT2D eigenvalue weighted by molar-refractivity contribution is 5.72. The predicted molar refractivity (Wildman–Crippen MR) is 192 cm³/mol. The van der Waals surface area contributed by atoms with Crippen LogP contribution < -0.4 is 0 Å². The molecule has 1 unspecified atom stereocenters. The third-order valence-corrected chi connectivity index (χ3v) is 9.21. The van der Waals surface area contributed by atoms with Crippen molar-refractivity contribution in [3.8, 4) is 0 Å². The minimum atomic E-state index is -0.896. The molecule has 0 amide bonds. The molecule has 2 atom stereocenters. The van der Waals surface area contributed by atoms with Crippen molar-refractivity contribution in [3.63, 3.8) is 0 Å². The van der Waals surface area contributed by atoms with Gasteiger partial charge in [-0.1, -0.05) is 188 Å². The lowest BCUT2D eigenvalue weighted by Gasteiger charge is -2.20. The highest BCUT2D eigenvalue weighted by atomic mass is 16.5. The fraction of sp³-hybridized carbons (Fsp3) is 0.950. The summed E-state index contributed by atoms with van der Waals surface area (Å²) in [5, 5.41) is 9.42. The van der Waals surface area contributed by atoms with Gasteiger partial charge in [0.1, 0.15) is 6.10 Å². The molecule has 0 aromatic carbocycles. The molecule has 0 rings (SSSR count). The molecule has 0 aromatic rings. The molecule has 5 nitrogen and oxygen atoms in total. The van der Waals surface area contributed by atoms with E-state index in [1.165, 1.54) is 154 Å². The van der Waals surface area contributed by atoms with Gasteiger partial charge in [0.25, 0.3) is 0 Å². The normalized spacial score (nSPS) is 12.8. The van der Waals surface area contributed by atoms with Crippen LogP contribution in [-0.2, 0) is 19.1 Å². The quantitative estimate of drug-likeness (QED) is 0.0541. The van der Waals surface area contributed by atoms with Gasteiger partial charge in [-0.05, 0) is 25.7 Å². The van der Waals surface area contributed by atoms with Crippen LogP contribution in [0.2, 0.25) is 0 Å². The molecular formula is C40H78O5. The number of carboxylic acids is 1. The third kappa shape index (κ3) is 34.1. The highest BCUT2D eigenvalue weighted by Crippen LogP contribution is 2.19. The lowest BCUT2D eigenvalue weighted by molar-refractivity contribution is -0.156. The maximum absolute atomic E-state index is 13.0. The number of hydrogen-bond acceptors (Lipinski definition) is 4. The Labute approximate surface area is 280 Å².